The number of halogens is 3. The lowest BCUT2D eigenvalue weighted by Crippen LogP contribution is -2.34. The molecule has 0 bridgehead atoms. The smallest absolute Gasteiger partial charge is 0.371 e. The summed E-state index contributed by atoms with van der Waals surface area (Å²) in [7, 11) is 1.82. The van der Waals surface area contributed by atoms with Crippen molar-refractivity contribution in [1.29, 1.82) is 0 Å². The standard InChI is InChI=1S/C16H17F3N4O2/c1-21-10-12(9-20-21)11-4-6-22(7-5-11)15-3-2-13(23(24)25)8-14(15)16(17,18)19/h2-3,8-11H,4-7H2,1H3. The molecule has 1 fully saturated rings. The van der Waals surface area contributed by atoms with Crippen LogP contribution in [0.15, 0.2) is 30.6 Å². The molecule has 0 N–H and O–H groups in total. The van der Waals surface area contributed by atoms with Gasteiger partial charge in [-0.2, -0.15) is 18.3 Å². The molecule has 25 heavy (non-hydrogen) atoms. The van der Waals surface area contributed by atoms with E-state index in [9.17, 15) is 23.3 Å². The Labute approximate surface area is 142 Å². The molecule has 0 spiro atoms. The SMILES string of the molecule is Cn1cc(C2CCN(c3ccc([N+](=O)[O-])cc3C(F)(F)F)CC2)cn1. The first-order chi connectivity index (χ1) is 11.8. The maximum absolute atomic E-state index is 13.3. The van der Waals surface area contributed by atoms with Crippen LogP contribution in [0, 0.1) is 10.1 Å². The molecule has 2 heterocycles. The first-order valence-electron chi connectivity index (χ1n) is 7.85. The number of hydrogen-bond donors (Lipinski definition) is 0. The van der Waals surface area contributed by atoms with Gasteiger partial charge in [-0.25, -0.2) is 0 Å². The van der Waals surface area contributed by atoms with Gasteiger partial charge in [0.2, 0.25) is 0 Å². The number of hydrogen-bond acceptors (Lipinski definition) is 4. The molecule has 0 atom stereocenters. The lowest BCUT2D eigenvalue weighted by molar-refractivity contribution is -0.385. The highest BCUT2D eigenvalue weighted by Crippen LogP contribution is 2.40. The highest BCUT2D eigenvalue weighted by atomic mass is 19.4. The number of rotatable bonds is 3. The van der Waals surface area contributed by atoms with Gasteiger partial charge in [0.05, 0.1) is 16.7 Å². The highest BCUT2D eigenvalue weighted by Gasteiger charge is 2.37. The predicted molar refractivity (Wildman–Crippen MR) is 85.5 cm³/mol. The van der Waals surface area contributed by atoms with Crippen LogP contribution < -0.4 is 4.90 Å². The predicted octanol–water partition coefficient (Wildman–Crippen LogP) is 3.73. The molecule has 2 aromatic rings. The number of non-ortho nitro benzene ring substituents is 1. The van der Waals surface area contributed by atoms with Gasteiger partial charge in [-0.3, -0.25) is 14.8 Å². The molecule has 0 saturated carbocycles. The summed E-state index contributed by atoms with van der Waals surface area (Å²) in [5, 5.41) is 14.9. The Hall–Kier alpha value is -2.58. The van der Waals surface area contributed by atoms with E-state index in [-0.39, 0.29) is 11.6 Å². The van der Waals surface area contributed by atoms with E-state index >= 15 is 0 Å². The Morgan fingerprint density at radius 2 is 1.96 bits per heavy atom. The summed E-state index contributed by atoms with van der Waals surface area (Å²) in [6.07, 6.45) is 0.488. The number of nitro benzene ring substituents is 1. The van der Waals surface area contributed by atoms with Crippen LogP contribution in [0.3, 0.4) is 0 Å². The molecule has 0 amide bonds. The van der Waals surface area contributed by atoms with Gasteiger partial charge >= 0.3 is 6.18 Å². The van der Waals surface area contributed by atoms with Crippen molar-refractivity contribution in [1.82, 2.24) is 9.78 Å². The summed E-state index contributed by atoms with van der Waals surface area (Å²) < 4.78 is 41.7. The van der Waals surface area contributed by atoms with Crippen LogP contribution in [0.5, 0.6) is 0 Å². The molecule has 0 radical (unpaired) electrons. The molecule has 0 aliphatic carbocycles. The van der Waals surface area contributed by atoms with E-state index in [1.54, 1.807) is 15.8 Å². The second-order valence-electron chi connectivity index (χ2n) is 6.16. The zero-order valence-electron chi connectivity index (χ0n) is 13.5. The topological polar surface area (TPSA) is 64.2 Å². The highest BCUT2D eigenvalue weighted by molar-refractivity contribution is 5.59. The lowest BCUT2D eigenvalue weighted by atomic mass is 9.91. The van der Waals surface area contributed by atoms with E-state index in [0.717, 1.165) is 11.6 Å². The van der Waals surface area contributed by atoms with Gasteiger partial charge in [0, 0.05) is 44.2 Å². The van der Waals surface area contributed by atoms with Crippen LogP contribution >= 0.6 is 0 Å². The summed E-state index contributed by atoms with van der Waals surface area (Å²) in [6.45, 7) is 0.918. The van der Waals surface area contributed by atoms with E-state index in [1.807, 2.05) is 13.2 Å². The minimum absolute atomic E-state index is 0.00253. The second-order valence-corrected chi connectivity index (χ2v) is 6.16. The van der Waals surface area contributed by atoms with E-state index in [4.69, 9.17) is 0 Å². The number of piperidine rings is 1. The maximum atomic E-state index is 13.3. The molecule has 3 rings (SSSR count). The Morgan fingerprint density at radius 3 is 2.48 bits per heavy atom. The number of anilines is 1. The molecular weight excluding hydrogens is 337 g/mol. The minimum atomic E-state index is -4.64. The van der Waals surface area contributed by atoms with Gasteiger partial charge in [-0.1, -0.05) is 0 Å². The summed E-state index contributed by atoms with van der Waals surface area (Å²) in [5.41, 5.74) is -0.424. The molecule has 1 aromatic carbocycles. The molecule has 1 aliphatic heterocycles. The van der Waals surface area contributed by atoms with Crippen LogP contribution in [0.2, 0.25) is 0 Å². The second kappa shape index (κ2) is 6.38. The first-order valence-corrected chi connectivity index (χ1v) is 7.85. The number of benzene rings is 1. The van der Waals surface area contributed by atoms with Crippen molar-refractivity contribution < 1.29 is 18.1 Å². The van der Waals surface area contributed by atoms with Crippen molar-refractivity contribution in [2.45, 2.75) is 24.9 Å². The Balaban J connectivity index is 1.82. The third kappa shape index (κ3) is 3.59. The average molecular weight is 354 g/mol. The zero-order valence-corrected chi connectivity index (χ0v) is 13.5. The van der Waals surface area contributed by atoms with Gasteiger partial charge in [0.1, 0.15) is 0 Å². The van der Waals surface area contributed by atoms with Gasteiger partial charge in [-0.05, 0) is 30.4 Å². The van der Waals surface area contributed by atoms with Crippen LogP contribution in [-0.4, -0.2) is 27.8 Å². The third-order valence-corrected chi connectivity index (χ3v) is 4.53. The molecule has 6 nitrogen and oxygen atoms in total. The van der Waals surface area contributed by atoms with E-state index in [1.165, 1.54) is 6.07 Å². The number of aromatic nitrogens is 2. The van der Waals surface area contributed by atoms with E-state index in [2.05, 4.69) is 5.10 Å². The van der Waals surface area contributed by atoms with Gasteiger partial charge < -0.3 is 4.90 Å². The molecular formula is C16H17F3N4O2. The van der Waals surface area contributed by atoms with Crippen molar-refractivity contribution in [3.63, 3.8) is 0 Å². The van der Waals surface area contributed by atoms with Crippen molar-refractivity contribution in [3.8, 4) is 0 Å². The quantitative estimate of drug-likeness (QED) is 0.622. The summed E-state index contributed by atoms with van der Waals surface area (Å²) in [4.78, 5) is 11.6. The maximum Gasteiger partial charge on any atom is 0.418 e. The Kier molecular flexibility index (Phi) is 4.40. The van der Waals surface area contributed by atoms with Gasteiger partial charge in [-0.15, -0.1) is 0 Å². The van der Waals surface area contributed by atoms with Gasteiger partial charge in [0.25, 0.3) is 5.69 Å². The number of aryl methyl sites for hydroxylation is 1. The van der Waals surface area contributed by atoms with Crippen molar-refractivity contribution in [2.75, 3.05) is 18.0 Å². The number of nitro groups is 1. The minimum Gasteiger partial charge on any atom is -0.371 e. The number of nitrogens with zero attached hydrogens (tertiary/aromatic N) is 4. The molecule has 1 aliphatic rings. The van der Waals surface area contributed by atoms with Crippen molar-refractivity contribution in [3.05, 3.63) is 51.8 Å². The number of alkyl halides is 3. The van der Waals surface area contributed by atoms with E-state index in [0.29, 0.717) is 32.0 Å². The fourth-order valence-corrected chi connectivity index (χ4v) is 3.25. The fourth-order valence-electron chi connectivity index (χ4n) is 3.25. The fraction of sp³-hybridized carbons (Fsp3) is 0.438. The average Bonchev–Trinajstić information content (AvgIpc) is 3.00. The summed E-state index contributed by atoms with van der Waals surface area (Å²) in [5.74, 6) is 0.261. The first kappa shape index (κ1) is 17.2. The van der Waals surface area contributed by atoms with Gasteiger partial charge in [0.15, 0.2) is 0 Å². The third-order valence-electron chi connectivity index (χ3n) is 4.53. The van der Waals surface area contributed by atoms with Crippen LogP contribution in [0.25, 0.3) is 0 Å². The summed E-state index contributed by atoms with van der Waals surface area (Å²) >= 11 is 0. The molecule has 0 unspecified atom stereocenters. The van der Waals surface area contributed by atoms with Crippen LogP contribution in [0.4, 0.5) is 24.5 Å². The molecule has 1 saturated heterocycles. The Bertz CT molecular complexity index is 780. The largest absolute Gasteiger partial charge is 0.418 e. The van der Waals surface area contributed by atoms with Crippen LogP contribution in [0.1, 0.15) is 29.9 Å². The molecule has 1 aromatic heterocycles. The lowest BCUT2D eigenvalue weighted by Gasteiger charge is -2.34. The summed E-state index contributed by atoms with van der Waals surface area (Å²) in [6, 6.07) is 2.94. The van der Waals surface area contributed by atoms with Crippen molar-refractivity contribution in [2.24, 2.45) is 7.05 Å². The molecule has 9 heteroatoms. The van der Waals surface area contributed by atoms with E-state index < -0.39 is 22.4 Å². The molecule has 134 valence electrons. The monoisotopic (exact) mass is 354 g/mol. The normalized spacial score (nSPS) is 16.2. The zero-order chi connectivity index (χ0) is 18.2. The Morgan fingerprint density at radius 1 is 1.28 bits per heavy atom. The van der Waals surface area contributed by atoms with Crippen LogP contribution in [-0.2, 0) is 13.2 Å². The van der Waals surface area contributed by atoms with Crippen molar-refractivity contribution >= 4 is 11.4 Å².